The lowest BCUT2D eigenvalue weighted by atomic mass is 10.0. The predicted octanol–water partition coefficient (Wildman–Crippen LogP) is 4.41. The van der Waals surface area contributed by atoms with Crippen LogP contribution in [0.25, 0.3) is 0 Å². The molecule has 0 aromatic heterocycles. The second-order valence-electron chi connectivity index (χ2n) is 3.98. The first-order valence-corrected chi connectivity index (χ1v) is 6.20. The standard InChI is InChI=1S/C14H11Cl2FO/c15-12-6-5-10(17)7-9(12)8-14(18)11-3-1-2-4-13(11)16/h1-7,14,18H,8H2. The lowest BCUT2D eigenvalue weighted by Gasteiger charge is -2.13. The van der Waals surface area contributed by atoms with E-state index < -0.39 is 6.10 Å². The molecular weight excluding hydrogens is 274 g/mol. The Kier molecular flexibility index (Phi) is 4.23. The molecular formula is C14H11Cl2FO. The largest absolute Gasteiger partial charge is 0.388 e. The van der Waals surface area contributed by atoms with Crippen molar-refractivity contribution in [2.75, 3.05) is 0 Å². The van der Waals surface area contributed by atoms with E-state index >= 15 is 0 Å². The summed E-state index contributed by atoms with van der Waals surface area (Å²) in [7, 11) is 0. The zero-order valence-electron chi connectivity index (χ0n) is 9.41. The SMILES string of the molecule is OC(Cc1cc(F)ccc1Cl)c1ccccc1Cl. The van der Waals surface area contributed by atoms with E-state index in [2.05, 4.69) is 0 Å². The molecule has 0 saturated carbocycles. The highest BCUT2D eigenvalue weighted by Gasteiger charge is 2.14. The normalized spacial score (nSPS) is 12.4. The Balaban J connectivity index is 2.24. The van der Waals surface area contributed by atoms with Crippen molar-refractivity contribution in [3.05, 3.63) is 69.5 Å². The summed E-state index contributed by atoms with van der Waals surface area (Å²) in [5, 5.41) is 11.0. The fourth-order valence-electron chi connectivity index (χ4n) is 1.76. The lowest BCUT2D eigenvalue weighted by molar-refractivity contribution is 0.178. The first-order valence-electron chi connectivity index (χ1n) is 5.44. The first kappa shape index (κ1) is 13.3. The van der Waals surface area contributed by atoms with Crippen LogP contribution in [0.3, 0.4) is 0 Å². The highest BCUT2D eigenvalue weighted by molar-refractivity contribution is 6.31. The number of aliphatic hydroxyl groups excluding tert-OH is 1. The van der Waals surface area contributed by atoms with E-state index in [0.717, 1.165) is 0 Å². The van der Waals surface area contributed by atoms with E-state index in [4.69, 9.17) is 23.2 Å². The zero-order valence-corrected chi connectivity index (χ0v) is 10.9. The number of hydrogen-bond donors (Lipinski definition) is 1. The average molecular weight is 285 g/mol. The Morgan fingerprint density at radius 3 is 2.50 bits per heavy atom. The van der Waals surface area contributed by atoms with Crippen LogP contribution in [0.2, 0.25) is 10.0 Å². The molecule has 1 unspecified atom stereocenters. The molecule has 1 nitrogen and oxygen atoms in total. The summed E-state index contributed by atoms with van der Waals surface area (Å²) >= 11 is 11.9. The molecule has 0 aliphatic heterocycles. The van der Waals surface area contributed by atoms with Crippen molar-refractivity contribution in [2.24, 2.45) is 0 Å². The fourth-order valence-corrected chi connectivity index (χ4v) is 2.22. The molecule has 0 fully saturated rings. The molecule has 0 spiro atoms. The molecule has 2 aromatic carbocycles. The van der Waals surface area contributed by atoms with Crippen molar-refractivity contribution in [2.45, 2.75) is 12.5 Å². The third kappa shape index (κ3) is 3.02. The maximum absolute atomic E-state index is 13.1. The van der Waals surface area contributed by atoms with Crippen molar-refractivity contribution in [3.63, 3.8) is 0 Å². The summed E-state index contributed by atoms with van der Waals surface area (Å²) in [6, 6.07) is 11.1. The van der Waals surface area contributed by atoms with Gasteiger partial charge in [0.2, 0.25) is 0 Å². The van der Waals surface area contributed by atoms with Crippen molar-refractivity contribution >= 4 is 23.2 Å². The number of halogens is 3. The van der Waals surface area contributed by atoms with Crippen LogP contribution in [-0.4, -0.2) is 5.11 Å². The summed E-state index contributed by atoms with van der Waals surface area (Å²) in [5.74, 6) is -0.374. The highest BCUT2D eigenvalue weighted by Crippen LogP contribution is 2.28. The van der Waals surface area contributed by atoms with Gasteiger partial charge in [0.25, 0.3) is 0 Å². The van der Waals surface area contributed by atoms with E-state index in [0.29, 0.717) is 21.2 Å². The molecule has 0 radical (unpaired) electrons. The molecule has 4 heteroatoms. The minimum atomic E-state index is -0.807. The number of hydrogen-bond acceptors (Lipinski definition) is 1. The van der Waals surface area contributed by atoms with Gasteiger partial charge < -0.3 is 5.11 Å². The van der Waals surface area contributed by atoms with Gasteiger partial charge in [0.15, 0.2) is 0 Å². The summed E-state index contributed by atoms with van der Waals surface area (Å²) in [6.45, 7) is 0. The molecule has 0 aliphatic rings. The molecule has 1 N–H and O–H groups in total. The van der Waals surface area contributed by atoms with Crippen LogP contribution in [0, 0.1) is 5.82 Å². The predicted molar refractivity (Wildman–Crippen MR) is 71.5 cm³/mol. The van der Waals surface area contributed by atoms with Crippen LogP contribution in [0.5, 0.6) is 0 Å². The molecule has 94 valence electrons. The van der Waals surface area contributed by atoms with Crippen molar-refractivity contribution in [1.29, 1.82) is 0 Å². The maximum atomic E-state index is 13.1. The van der Waals surface area contributed by atoms with Crippen LogP contribution in [0.1, 0.15) is 17.2 Å². The molecule has 2 rings (SSSR count). The monoisotopic (exact) mass is 284 g/mol. The van der Waals surface area contributed by atoms with Gasteiger partial charge in [0, 0.05) is 16.5 Å². The van der Waals surface area contributed by atoms with E-state index in [1.807, 2.05) is 0 Å². The Hall–Kier alpha value is -1.09. The quantitative estimate of drug-likeness (QED) is 0.885. The topological polar surface area (TPSA) is 20.2 Å². The van der Waals surface area contributed by atoms with Crippen molar-refractivity contribution in [1.82, 2.24) is 0 Å². The van der Waals surface area contributed by atoms with Gasteiger partial charge in [-0.2, -0.15) is 0 Å². The first-order chi connectivity index (χ1) is 8.58. The van der Waals surface area contributed by atoms with Gasteiger partial charge in [-0.05, 0) is 35.4 Å². The summed E-state index contributed by atoms with van der Waals surface area (Å²) in [6.07, 6.45) is -0.585. The molecule has 18 heavy (non-hydrogen) atoms. The Labute approximate surface area is 115 Å². The lowest BCUT2D eigenvalue weighted by Crippen LogP contribution is -2.03. The average Bonchev–Trinajstić information content (AvgIpc) is 2.34. The minimum absolute atomic E-state index is 0.223. The van der Waals surface area contributed by atoms with Gasteiger partial charge in [-0.15, -0.1) is 0 Å². The van der Waals surface area contributed by atoms with E-state index in [9.17, 15) is 9.50 Å². The van der Waals surface area contributed by atoms with E-state index in [1.165, 1.54) is 18.2 Å². The molecule has 0 amide bonds. The van der Waals surface area contributed by atoms with Gasteiger partial charge in [0.1, 0.15) is 5.82 Å². The van der Waals surface area contributed by atoms with Crippen LogP contribution in [-0.2, 0) is 6.42 Å². The number of rotatable bonds is 3. The smallest absolute Gasteiger partial charge is 0.123 e. The Morgan fingerprint density at radius 2 is 1.78 bits per heavy atom. The molecule has 2 aromatic rings. The molecule has 0 heterocycles. The van der Waals surface area contributed by atoms with Crippen LogP contribution < -0.4 is 0 Å². The Morgan fingerprint density at radius 1 is 1.06 bits per heavy atom. The third-order valence-corrected chi connectivity index (χ3v) is 3.40. The van der Waals surface area contributed by atoms with Gasteiger partial charge in [-0.1, -0.05) is 41.4 Å². The summed E-state index contributed by atoms with van der Waals surface area (Å²) < 4.78 is 13.1. The van der Waals surface area contributed by atoms with Crippen LogP contribution in [0.15, 0.2) is 42.5 Å². The van der Waals surface area contributed by atoms with Crippen molar-refractivity contribution in [3.8, 4) is 0 Å². The molecule has 0 aliphatic carbocycles. The second kappa shape index (κ2) is 5.70. The zero-order chi connectivity index (χ0) is 13.1. The second-order valence-corrected chi connectivity index (χ2v) is 4.79. The minimum Gasteiger partial charge on any atom is -0.388 e. The Bertz CT molecular complexity index is 557. The van der Waals surface area contributed by atoms with Crippen molar-refractivity contribution < 1.29 is 9.50 Å². The third-order valence-electron chi connectivity index (χ3n) is 2.69. The highest BCUT2D eigenvalue weighted by atomic mass is 35.5. The van der Waals surface area contributed by atoms with Crippen LogP contribution in [0.4, 0.5) is 4.39 Å². The maximum Gasteiger partial charge on any atom is 0.123 e. The van der Waals surface area contributed by atoms with Gasteiger partial charge in [0.05, 0.1) is 6.10 Å². The molecule has 0 bridgehead atoms. The summed E-state index contributed by atoms with van der Waals surface area (Å²) in [4.78, 5) is 0. The van der Waals surface area contributed by atoms with E-state index in [-0.39, 0.29) is 12.2 Å². The number of aliphatic hydroxyl groups is 1. The van der Waals surface area contributed by atoms with Gasteiger partial charge in [-0.3, -0.25) is 0 Å². The van der Waals surface area contributed by atoms with Gasteiger partial charge >= 0.3 is 0 Å². The van der Waals surface area contributed by atoms with Crippen LogP contribution >= 0.6 is 23.2 Å². The number of benzene rings is 2. The van der Waals surface area contributed by atoms with E-state index in [1.54, 1.807) is 24.3 Å². The fraction of sp³-hybridized carbons (Fsp3) is 0.143. The molecule has 1 atom stereocenters. The molecule has 0 saturated heterocycles. The van der Waals surface area contributed by atoms with Gasteiger partial charge in [-0.25, -0.2) is 4.39 Å². The summed E-state index contributed by atoms with van der Waals surface area (Å²) in [5.41, 5.74) is 1.17.